The lowest BCUT2D eigenvalue weighted by molar-refractivity contribution is -0.117. The first kappa shape index (κ1) is 18.3. The van der Waals surface area contributed by atoms with Crippen molar-refractivity contribution in [2.75, 3.05) is 11.9 Å². The summed E-state index contributed by atoms with van der Waals surface area (Å²) in [4.78, 5) is 12.1. The maximum absolute atomic E-state index is 12.5. The smallest absolute Gasteiger partial charge is 0.264 e. The molecule has 2 rings (SSSR count). The standard InChI is InChI=1S/C17H19ClN2O3S/c1-11-7-12(2)17(13(3)8-11)24(22,23)20-16(21)10-19-15-6-4-5-14(18)9-15/h4-9,19H,10H2,1-3H3,(H,20,21). The van der Waals surface area contributed by atoms with Gasteiger partial charge in [0.05, 0.1) is 11.4 Å². The molecule has 2 N–H and O–H groups in total. The Kier molecular flexibility index (Phi) is 5.51. The fourth-order valence-electron chi connectivity index (χ4n) is 2.61. The minimum absolute atomic E-state index is 0.143. The van der Waals surface area contributed by atoms with E-state index in [1.165, 1.54) is 0 Å². The van der Waals surface area contributed by atoms with Crippen LogP contribution < -0.4 is 10.0 Å². The van der Waals surface area contributed by atoms with Crippen LogP contribution in [0.15, 0.2) is 41.3 Å². The van der Waals surface area contributed by atoms with Crippen molar-refractivity contribution in [1.29, 1.82) is 0 Å². The van der Waals surface area contributed by atoms with Crippen LogP contribution in [-0.4, -0.2) is 20.9 Å². The van der Waals surface area contributed by atoms with Crippen molar-refractivity contribution >= 4 is 33.2 Å². The van der Waals surface area contributed by atoms with Crippen LogP contribution in [0.4, 0.5) is 5.69 Å². The molecule has 0 saturated carbocycles. The van der Waals surface area contributed by atoms with Crippen molar-refractivity contribution < 1.29 is 13.2 Å². The number of carbonyl (C=O) groups excluding carboxylic acids is 1. The molecular formula is C17H19ClN2O3S. The van der Waals surface area contributed by atoms with Crippen LogP contribution in [0.25, 0.3) is 0 Å². The van der Waals surface area contributed by atoms with E-state index in [-0.39, 0.29) is 11.4 Å². The average Bonchev–Trinajstić information content (AvgIpc) is 2.43. The zero-order chi connectivity index (χ0) is 17.9. The lowest BCUT2D eigenvalue weighted by Gasteiger charge is -2.13. The van der Waals surface area contributed by atoms with E-state index in [4.69, 9.17) is 11.6 Å². The molecule has 128 valence electrons. The van der Waals surface area contributed by atoms with Gasteiger partial charge in [-0.1, -0.05) is 35.4 Å². The number of anilines is 1. The van der Waals surface area contributed by atoms with Crippen LogP contribution in [0.1, 0.15) is 16.7 Å². The van der Waals surface area contributed by atoms with Crippen molar-refractivity contribution in [3.63, 3.8) is 0 Å². The van der Waals surface area contributed by atoms with E-state index >= 15 is 0 Å². The van der Waals surface area contributed by atoms with Gasteiger partial charge in [-0.25, -0.2) is 13.1 Å². The topological polar surface area (TPSA) is 75.3 Å². The lowest BCUT2D eigenvalue weighted by atomic mass is 10.1. The summed E-state index contributed by atoms with van der Waals surface area (Å²) < 4.78 is 27.1. The molecule has 0 saturated heterocycles. The van der Waals surface area contributed by atoms with Gasteiger partial charge in [0.25, 0.3) is 15.9 Å². The van der Waals surface area contributed by atoms with Crippen LogP contribution in [0.2, 0.25) is 5.02 Å². The maximum atomic E-state index is 12.5. The minimum Gasteiger partial charge on any atom is -0.376 e. The number of nitrogens with one attached hydrogen (secondary N) is 2. The first-order valence-electron chi connectivity index (χ1n) is 7.32. The Labute approximate surface area is 147 Å². The number of sulfonamides is 1. The third-order valence-electron chi connectivity index (χ3n) is 3.40. The second-order valence-electron chi connectivity index (χ2n) is 5.62. The summed E-state index contributed by atoms with van der Waals surface area (Å²) in [6, 6.07) is 10.4. The van der Waals surface area contributed by atoms with Gasteiger partial charge < -0.3 is 5.32 Å². The van der Waals surface area contributed by atoms with E-state index < -0.39 is 15.9 Å². The molecule has 0 spiro atoms. The molecule has 24 heavy (non-hydrogen) atoms. The highest BCUT2D eigenvalue weighted by atomic mass is 35.5. The molecule has 0 bridgehead atoms. The summed E-state index contributed by atoms with van der Waals surface area (Å²) in [5.74, 6) is -0.644. The average molecular weight is 367 g/mol. The number of amides is 1. The molecule has 2 aromatic rings. The fraction of sp³-hybridized carbons (Fsp3) is 0.235. The monoisotopic (exact) mass is 366 g/mol. The fourth-order valence-corrected chi connectivity index (χ4v) is 4.24. The third kappa shape index (κ3) is 4.49. The van der Waals surface area contributed by atoms with E-state index in [1.54, 1.807) is 50.2 Å². The van der Waals surface area contributed by atoms with Crippen LogP contribution >= 0.6 is 11.6 Å². The molecule has 0 unspecified atom stereocenters. The Bertz CT molecular complexity index is 856. The van der Waals surface area contributed by atoms with Gasteiger partial charge in [0.15, 0.2) is 0 Å². The SMILES string of the molecule is Cc1cc(C)c(S(=O)(=O)NC(=O)CNc2cccc(Cl)c2)c(C)c1. The summed E-state index contributed by atoms with van der Waals surface area (Å²) in [6.07, 6.45) is 0. The molecule has 0 aliphatic heterocycles. The largest absolute Gasteiger partial charge is 0.376 e. The molecule has 0 aliphatic rings. The van der Waals surface area contributed by atoms with Gasteiger partial charge in [0.2, 0.25) is 0 Å². The van der Waals surface area contributed by atoms with Gasteiger partial charge in [0, 0.05) is 10.7 Å². The zero-order valence-corrected chi connectivity index (χ0v) is 15.3. The number of hydrogen-bond acceptors (Lipinski definition) is 4. The summed E-state index contributed by atoms with van der Waals surface area (Å²) in [5, 5.41) is 3.36. The molecule has 0 heterocycles. The normalized spacial score (nSPS) is 11.2. The number of hydrogen-bond donors (Lipinski definition) is 2. The van der Waals surface area contributed by atoms with E-state index in [0.717, 1.165) is 5.56 Å². The molecule has 7 heteroatoms. The lowest BCUT2D eigenvalue weighted by Crippen LogP contribution is -2.35. The summed E-state index contributed by atoms with van der Waals surface area (Å²) in [7, 11) is -3.92. The Balaban J connectivity index is 2.10. The number of aryl methyl sites for hydroxylation is 3. The van der Waals surface area contributed by atoms with Gasteiger partial charge >= 0.3 is 0 Å². The zero-order valence-electron chi connectivity index (χ0n) is 13.7. The molecular weight excluding hydrogens is 348 g/mol. The molecule has 0 atom stereocenters. The number of carbonyl (C=O) groups is 1. The van der Waals surface area contributed by atoms with Crippen LogP contribution in [0.5, 0.6) is 0 Å². The Morgan fingerprint density at radius 2 is 1.71 bits per heavy atom. The van der Waals surface area contributed by atoms with E-state index in [0.29, 0.717) is 21.8 Å². The van der Waals surface area contributed by atoms with Crippen LogP contribution in [-0.2, 0) is 14.8 Å². The Morgan fingerprint density at radius 1 is 1.08 bits per heavy atom. The molecule has 1 amide bonds. The van der Waals surface area contributed by atoms with Crippen molar-refractivity contribution in [3.8, 4) is 0 Å². The van der Waals surface area contributed by atoms with Crippen LogP contribution in [0, 0.1) is 20.8 Å². The van der Waals surface area contributed by atoms with Crippen LogP contribution in [0.3, 0.4) is 0 Å². The van der Waals surface area contributed by atoms with Crippen molar-refractivity contribution in [1.82, 2.24) is 4.72 Å². The van der Waals surface area contributed by atoms with E-state index in [1.807, 2.05) is 6.92 Å². The van der Waals surface area contributed by atoms with Gasteiger partial charge in [-0.3, -0.25) is 4.79 Å². The maximum Gasteiger partial charge on any atom is 0.264 e. The second-order valence-corrected chi connectivity index (χ2v) is 7.68. The first-order valence-corrected chi connectivity index (χ1v) is 9.18. The quantitative estimate of drug-likeness (QED) is 0.852. The summed E-state index contributed by atoms with van der Waals surface area (Å²) >= 11 is 5.86. The number of rotatable bonds is 5. The van der Waals surface area contributed by atoms with Gasteiger partial charge in [-0.05, 0) is 50.1 Å². The van der Waals surface area contributed by atoms with Gasteiger partial charge in [-0.2, -0.15) is 0 Å². The van der Waals surface area contributed by atoms with Gasteiger partial charge in [0.1, 0.15) is 0 Å². The predicted octanol–water partition coefficient (Wildman–Crippen LogP) is 3.18. The predicted molar refractivity (Wildman–Crippen MR) is 95.9 cm³/mol. The highest BCUT2D eigenvalue weighted by Crippen LogP contribution is 2.21. The van der Waals surface area contributed by atoms with Crippen molar-refractivity contribution in [2.24, 2.45) is 0 Å². The molecule has 2 aromatic carbocycles. The Hall–Kier alpha value is -2.05. The molecule has 0 fully saturated rings. The second kappa shape index (κ2) is 7.23. The third-order valence-corrected chi connectivity index (χ3v) is 5.31. The van der Waals surface area contributed by atoms with Crippen molar-refractivity contribution in [3.05, 3.63) is 58.1 Å². The highest BCUT2D eigenvalue weighted by Gasteiger charge is 2.22. The minimum atomic E-state index is -3.92. The Morgan fingerprint density at radius 3 is 2.29 bits per heavy atom. The van der Waals surface area contributed by atoms with E-state index in [9.17, 15) is 13.2 Å². The van der Waals surface area contributed by atoms with Crippen molar-refractivity contribution in [2.45, 2.75) is 25.7 Å². The van der Waals surface area contributed by atoms with E-state index in [2.05, 4.69) is 10.0 Å². The molecule has 0 aromatic heterocycles. The number of benzene rings is 2. The highest BCUT2D eigenvalue weighted by molar-refractivity contribution is 7.90. The summed E-state index contributed by atoms with van der Waals surface area (Å²) in [5.41, 5.74) is 2.82. The molecule has 5 nitrogen and oxygen atoms in total. The molecule has 0 radical (unpaired) electrons. The molecule has 0 aliphatic carbocycles. The first-order chi connectivity index (χ1) is 11.2. The summed E-state index contributed by atoms with van der Waals surface area (Å²) in [6.45, 7) is 5.14. The number of halogens is 1. The van der Waals surface area contributed by atoms with Gasteiger partial charge in [-0.15, -0.1) is 0 Å².